The maximum atomic E-state index is 11.4. The van der Waals surface area contributed by atoms with Crippen LogP contribution in [0.1, 0.15) is 12.8 Å². The second-order valence-electron chi connectivity index (χ2n) is 4.32. The predicted molar refractivity (Wildman–Crippen MR) is 65.4 cm³/mol. The number of anilines is 1. The molecule has 0 bridgehead atoms. The largest absolute Gasteiger partial charge is 0.373 e. The summed E-state index contributed by atoms with van der Waals surface area (Å²) in [4.78, 5) is 13.5. The van der Waals surface area contributed by atoms with E-state index < -0.39 is 0 Å². The van der Waals surface area contributed by atoms with Crippen LogP contribution in [0.15, 0.2) is 30.3 Å². The molecule has 0 unspecified atom stereocenters. The van der Waals surface area contributed by atoms with Crippen molar-refractivity contribution >= 4 is 11.6 Å². The van der Waals surface area contributed by atoms with E-state index in [0.717, 1.165) is 25.9 Å². The molecule has 0 aliphatic heterocycles. The second-order valence-corrected chi connectivity index (χ2v) is 4.32. The lowest BCUT2D eigenvalue weighted by Crippen LogP contribution is -2.33. The lowest BCUT2D eigenvalue weighted by atomic mass is 10.3. The van der Waals surface area contributed by atoms with Crippen LogP contribution >= 0.6 is 0 Å². The zero-order valence-electron chi connectivity index (χ0n) is 9.65. The van der Waals surface area contributed by atoms with Crippen molar-refractivity contribution in [2.24, 2.45) is 5.92 Å². The van der Waals surface area contributed by atoms with Crippen molar-refractivity contribution in [3.05, 3.63) is 30.3 Å². The van der Waals surface area contributed by atoms with Crippen LogP contribution in [0.5, 0.6) is 0 Å². The van der Waals surface area contributed by atoms with Crippen LogP contribution < -0.4 is 10.2 Å². The molecule has 0 atom stereocenters. The summed E-state index contributed by atoms with van der Waals surface area (Å²) in [5.74, 6) is 0.531. The first-order valence-electron chi connectivity index (χ1n) is 5.81. The third-order valence-electron chi connectivity index (χ3n) is 2.89. The summed E-state index contributed by atoms with van der Waals surface area (Å²) in [5.41, 5.74) is 1.18. The minimum atomic E-state index is 0.224. The SMILES string of the molecule is CN(CCNC(=O)C1CC1)c1ccccc1. The van der Waals surface area contributed by atoms with Gasteiger partial charge in [0, 0.05) is 31.7 Å². The molecule has 0 spiro atoms. The van der Waals surface area contributed by atoms with Crippen molar-refractivity contribution in [2.45, 2.75) is 12.8 Å². The maximum absolute atomic E-state index is 11.4. The van der Waals surface area contributed by atoms with Crippen LogP contribution in [0, 0.1) is 5.92 Å². The Balaban J connectivity index is 1.71. The van der Waals surface area contributed by atoms with E-state index in [4.69, 9.17) is 0 Å². The van der Waals surface area contributed by atoms with Crippen LogP contribution in [-0.4, -0.2) is 26.0 Å². The molecular weight excluding hydrogens is 200 g/mol. The number of likely N-dealkylation sites (N-methyl/N-ethyl adjacent to an activating group) is 1. The third-order valence-corrected chi connectivity index (χ3v) is 2.89. The number of hydrogen-bond donors (Lipinski definition) is 1. The molecule has 1 aliphatic carbocycles. The quantitative estimate of drug-likeness (QED) is 0.815. The molecule has 16 heavy (non-hydrogen) atoms. The molecule has 3 nitrogen and oxygen atoms in total. The number of amides is 1. The molecule has 0 aromatic heterocycles. The fourth-order valence-corrected chi connectivity index (χ4v) is 1.65. The minimum absolute atomic E-state index is 0.224. The first-order valence-corrected chi connectivity index (χ1v) is 5.81. The summed E-state index contributed by atoms with van der Waals surface area (Å²) in [6.07, 6.45) is 2.14. The fraction of sp³-hybridized carbons (Fsp3) is 0.462. The molecule has 3 heteroatoms. The Morgan fingerprint density at radius 3 is 2.69 bits per heavy atom. The van der Waals surface area contributed by atoms with Gasteiger partial charge in [-0.25, -0.2) is 0 Å². The highest BCUT2D eigenvalue weighted by molar-refractivity contribution is 5.80. The van der Waals surface area contributed by atoms with E-state index in [0.29, 0.717) is 5.92 Å². The average Bonchev–Trinajstić information content (AvgIpc) is 3.14. The molecule has 1 aromatic carbocycles. The van der Waals surface area contributed by atoms with Gasteiger partial charge in [0.1, 0.15) is 0 Å². The zero-order chi connectivity index (χ0) is 11.4. The molecule has 1 aromatic rings. The fourth-order valence-electron chi connectivity index (χ4n) is 1.65. The summed E-state index contributed by atoms with van der Waals surface area (Å²) in [5, 5.41) is 2.96. The monoisotopic (exact) mass is 218 g/mol. The standard InChI is InChI=1S/C13H18N2O/c1-15(12-5-3-2-4-6-12)10-9-14-13(16)11-7-8-11/h2-6,11H,7-10H2,1H3,(H,14,16). The van der Waals surface area contributed by atoms with Gasteiger partial charge in [0.05, 0.1) is 0 Å². The first kappa shape index (κ1) is 11.0. The van der Waals surface area contributed by atoms with Gasteiger partial charge >= 0.3 is 0 Å². The molecule has 1 N–H and O–H groups in total. The molecule has 86 valence electrons. The maximum Gasteiger partial charge on any atom is 0.223 e. The van der Waals surface area contributed by atoms with E-state index in [1.807, 2.05) is 25.2 Å². The summed E-state index contributed by atoms with van der Waals surface area (Å²) in [7, 11) is 2.04. The Morgan fingerprint density at radius 1 is 1.38 bits per heavy atom. The summed E-state index contributed by atoms with van der Waals surface area (Å²) in [6, 6.07) is 10.2. The van der Waals surface area contributed by atoms with Gasteiger partial charge in [-0.3, -0.25) is 4.79 Å². The van der Waals surface area contributed by atoms with Gasteiger partial charge in [0.2, 0.25) is 5.91 Å². The van der Waals surface area contributed by atoms with Crippen molar-refractivity contribution in [3.63, 3.8) is 0 Å². The first-order chi connectivity index (χ1) is 7.77. The van der Waals surface area contributed by atoms with E-state index >= 15 is 0 Å². The zero-order valence-corrected chi connectivity index (χ0v) is 9.65. The third kappa shape index (κ3) is 2.99. The van der Waals surface area contributed by atoms with Gasteiger partial charge in [-0.2, -0.15) is 0 Å². The Morgan fingerprint density at radius 2 is 2.06 bits per heavy atom. The van der Waals surface area contributed by atoms with Crippen molar-refractivity contribution in [1.82, 2.24) is 5.32 Å². The number of carbonyl (C=O) groups excluding carboxylic acids is 1. The van der Waals surface area contributed by atoms with Crippen LogP contribution in [-0.2, 0) is 4.79 Å². The van der Waals surface area contributed by atoms with Gasteiger partial charge in [-0.1, -0.05) is 18.2 Å². The number of rotatable bonds is 5. The van der Waals surface area contributed by atoms with Crippen LogP contribution in [0.2, 0.25) is 0 Å². The van der Waals surface area contributed by atoms with Gasteiger partial charge < -0.3 is 10.2 Å². The highest BCUT2D eigenvalue weighted by Crippen LogP contribution is 2.28. The Labute approximate surface area is 96.5 Å². The van der Waals surface area contributed by atoms with Gasteiger partial charge in [0.25, 0.3) is 0 Å². The number of nitrogens with zero attached hydrogens (tertiary/aromatic N) is 1. The molecular formula is C13H18N2O. The van der Waals surface area contributed by atoms with E-state index in [1.165, 1.54) is 5.69 Å². The molecule has 1 saturated carbocycles. The summed E-state index contributed by atoms with van der Waals surface area (Å²) < 4.78 is 0. The number of para-hydroxylation sites is 1. The predicted octanol–water partition coefficient (Wildman–Crippen LogP) is 1.65. The topological polar surface area (TPSA) is 32.3 Å². The van der Waals surface area contributed by atoms with Crippen molar-refractivity contribution in [1.29, 1.82) is 0 Å². The van der Waals surface area contributed by atoms with E-state index in [2.05, 4.69) is 22.3 Å². The van der Waals surface area contributed by atoms with Crippen molar-refractivity contribution in [3.8, 4) is 0 Å². The van der Waals surface area contributed by atoms with Gasteiger partial charge in [-0.05, 0) is 25.0 Å². The van der Waals surface area contributed by atoms with Gasteiger partial charge in [0.15, 0.2) is 0 Å². The van der Waals surface area contributed by atoms with E-state index in [9.17, 15) is 4.79 Å². The average molecular weight is 218 g/mol. The molecule has 1 aliphatic rings. The van der Waals surface area contributed by atoms with Crippen molar-refractivity contribution < 1.29 is 4.79 Å². The Bertz CT molecular complexity index is 346. The lowest BCUT2D eigenvalue weighted by Gasteiger charge is -2.19. The number of carbonyl (C=O) groups is 1. The Hall–Kier alpha value is -1.51. The molecule has 1 amide bonds. The van der Waals surface area contributed by atoms with Crippen LogP contribution in [0.25, 0.3) is 0 Å². The molecule has 2 rings (SSSR count). The number of nitrogens with one attached hydrogen (secondary N) is 1. The Kier molecular flexibility index (Phi) is 3.44. The molecule has 0 radical (unpaired) electrons. The van der Waals surface area contributed by atoms with E-state index in [-0.39, 0.29) is 5.91 Å². The number of benzene rings is 1. The molecule has 0 saturated heterocycles. The highest BCUT2D eigenvalue weighted by Gasteiger charge is 2.28. The normalized spacial score (nSPS) is 14.6. The van der Waals surface area contributed by atoms with Crippen molar-refractivity contribution in [2.75, 3.05) is 25.0 Å². The van der Waals surface area contributed by atoms with Crippen LogP contribution in [0.3, 0.4) is 0 Å². The smallest absolute Gasteiger partial charge is 0.223 e. The second kappa shape index (κ2) is 5.01. The number of hydrogen-bond acceptors (Lipinski definition) is 2. The molecule has 1 fully saturated rings. The summed E-state index contributed by atoms with van der Waals surface area (Å²) in [6.45, 7) is 1.57. The highest BCUT2D eigenvalue weighted by atomic mass is 16.2. The van der Waals surface area contributed by atoms with Crippen LogP contribution in [0.4, 0.5) is 5.69 Å². The molecule has 0 heterocycles. The van der Waals surface area contributed by atoms with Gasteiger partial charge in [-0.15, -0.1) is 0 Å². The van der Waals surface area contributed by atoms with E-state index in [1.54, 1.807) is 0 Å². The lowest BCUT2D eigenvalue weighted by molar-refractivity contribution is -0.122. The summed E-state index contributed by atoms with van der Waals surface area (Å²) >= 11 is 0. The minimum Gasteiger partial charge on any atom is -0.373 e.